The van der Waals surface area contributed by atoms with Crippen LogP contribution in [0.5, 0.6) is 0 Å². The second-order valence-electron chi connectivity index (χ2n) is 3.81. The first-order valence-corrected chi connectivity index (χ1v) is 5.75. The largest absolute Gasteiger partial charge is 0.299 e. The molecule has 0 rings (SSSR count). The molecule has 0 aromatic carbocycles. The third-order valence-electron chi connectivity index (χ3n) is 2.13. The van der Waals surface area contributed by atoms with Gasteiger partial charge in [-0.3, -0.25) is 4.90 Å². The fraction of sp³-hybridized carbons (Fsp3) is 0.692. The van der Waals surface area contributed by atoms with Gasteiger partial charge < -0.3 is 0 Å². The molecule has 0 aromatic rings. The van der Waals surface area contributed by atoms with Gasteiger partial charge in [-0.25, -0.2) is 0 Å². The highest BCUT2D eigenvalue weighted by atomic mass is 15.1. The van der Waals surface area contributed by atoms with E-state index in [1.165, 1.54) is 31.5 Å². The van der Waals surface area contributed by atoms with Gasteiger partial charge in [0, 0.05) is 6.54 Å². The van der Waals surface area contributed by atoms with Crippen LogP contribution in [-0.2, 0) is 0 Å². The molecule has 0 aromatic heterocycles. The lowest BCUT2D eigenvalue weighted by atomic mass is 10.2. The summed E-state index contributed by atoms with van der Waals surface area (Å²) in [6, 6.07) is 0. The van der Waals surface area contributed by atoms with Crippen LogP contribution >= 0.6 is 0 Å². The minimum Gasteiger partial charge on any atom is -0.299 e. The van der Waals surface area contributed by atoms with Crippen LogP contribution < -0.4 is 0 Å². The Hall–Kier alpha value is -0.560. The molecule has 0 spiro atoms. The second-order valence-corrected chi connectivity index (χ2v) is 3.81. The molecule has 0 aliphatic carbocycles. The Morgan fingerprint density at radius 3 is 2.14 bits per heavy atom. The van der Waals surface area contributed by atoms with Crippen LogP contribution in [-0.4, -0.2) is 24.5 Å². The Balaban J connectivity index is 4.00. The molecule has 0 aliphatic heterocycles. The third-order valence-corrected chi connectivity index (χ3v) is 2.13. The molecule has 0 radical (unpaired) electrons. The van der Waals surface area contributed by atoms with E-state index in [-0.39, 0.29) is 0 Å². The first-order valence-electron chi connectivity index (χ1n) is 5.75. The van der Waals surface area contributed by atoms with Gasteiger partial charge in [-0.2, -0.15) is 0 Å². The number of nitrogens with zero attached hydrogens (tertiary/aromatic N) is 1. The summed E-state index contributed by atoms with van der Waals surface area (Å²) in [5, 5.41) is 0. The Bertz CT molecular complexity index is 174. The Morgan fingerprint density at radius 2 is 1.71 bits per heavy atom. The summed E-state index contributed by atoms with van der Waals surface area (Å²) in [7, 11) is 0. The number of rotatable bonds is 7. The van der Waals surface area contributed by atoms with Gasteiger partial charge in [-0.1, -0.05) is 37.6 Å². The van der Waals surface area contributed by atoms with Crippen molar-refractivity contribution in [3.63, 3.8) is 0 Å². The fourth-order valence-corrected chi connectivity index (χ4v) is 1.57. The molecule has 0 fully saturated rings. The van der Waals surface area contributed by atoms with E-state index >= 15 is 0 Å². The van der Waals surface area contributed by atoms with E-state index in [4.69, 9.17) is 0 Å². The molecule has 0 amide bonds. The maximum atomic E-state index is 2.52. The average molecular weight is 195 g/mol. The highest BCUT2D eigenvalue weighted by molar-refractivity contribution is 5.11. The molecule has 0 N–H and O–H groups in total. The highest BCUT2D eigenvalue weighted by Gasteiger charge is 2.01. The van der Waals surface area contributed by atoms with Gasteiger partial charge in [0.1, 0.15) is 0 Å². The monoisotopic (exact) mass is 195 g/mol. The van der Waals surface area contributed by atoms with Gasteiger partial charge >= 0.3 is 0 Å². The normalized spacial score (nSPS) is 13.1. The van der Waals surface area contributed by atoms with Crippen LogP contribution in [0.25, 0.3) is 0 Å². The number of allylic oxidation sites excluding steroid dienone is 3. The second kappa shape index (κ2) is 9.01. The fourth-order valence-electron chi connectivity index (χ4n) is 1.57. The van der Waals surface area contributed by atoms with E-state index in [0.29, 0.717) is 0 Å². The van der Waals surface area contributed by atoms with E-state index in [2.05, 4.69) is 50.8 Å². The first-order chi connectivity index (χ1) is 6.74. The molecule has 14 heavy (non-hydrogen) atoms. The van der Waals surface area contributed by atoms with E-state index in [9.17, 15) is 0 Å². The quantitative estimate of drug-likeness (QED) is 0.561. The van der Waals surface area contributed by atoms with Crippen LogP contribution in [0.4, 0.5) is 0 Å². The molecule has 0 bridgehead atoms. The van der Waals surface area contributed by atoms with E-state index < -0.39 is 0 Å². The molecule has 1 heteroatoms. The Kier molecular flexibility index (Phi) is 8.65. The highest BCUT2D eigenvalue weighted by Crippen LogP contribution is 2.01. The molecular weight excluding hydrogens is 170 g/mol. The number of hydrogen-bond acceptors (Lipinski definition) is 1. The standard InChI is InChI=1S/C13H25N/c1-5-8-9-13(4)12-14(10-6-2)11-7-3/h5,8-9H,6-7,10-12H2,1-4H3/b8-5-,13-9+. The maximum absolute atomic E-state index is 2.52. The van der Waals surface area contributed by atoms with Crippen LogP contribution in [0.1, 0.15) is 40.5 Å². The first kappa shape index (κ1) is 13.4. The van der Waals surface area contributed by atoms with Crippen molar-refractivity contribution in [1.29, 1.82) is 0 Å². The lowest BCUT2D eigenvalue weighted by molar-refractivity contribution is 0.297. The Labute approximate surface area is 89.5 Å². The molecule has 0 atom stereocenters. The molecule has 1 nitrogen and oxygen atoms in total. The number of hydrogen-bond donors (Lipinski definition) is 0. The van der Waals surface area contributed by atoms with Gasteiger partial charge in [-0.15, -0.1) is 0 Å². The van der Waals surface area contributed by atoms with Gasteiger partial charge in [0.15, 0.2) is 0 Å². The topological polar surface area (TPSA) is 3.24 Å². The molecular formula is C13H25N. The average Bonchev–Trinajstić information content (AvgIpc) is 2.15. The predicted molar refractivity (Wildman–Crippen MR) is 65.6 cm³/mol. The van der Waals surface area contributed by atoms with Crippen molar-refractivity contribution in [2.75, 3.05) is 19.6 Å². The van der Waals surface area contributed by atoms with E-state index in [1.807, 2.05) is 0 Å². The third kappa shape index (κ3) is 6.90. The lowest BCUT2D eigenvalue weighted by Crippen LogP contribution is -2.27. The van der Waals surface area contributed by atoms with Crippen molar-refractivity contribution in [2.24, 2.45) is 0 Å². The molecule has 82 valence electrons. The summed E-state index contributed by atoms with van der Waals surface area (Å²) >= 11 is 0. The van der Waals surface area contributed by atoms with Crippen molar-refractivity contribution >= 4 is 0 Å². The lowest BCUT2D eigenvalue weighted by Gasteiger charge is -2.21. The van der Waals surface area contributed by atoms with Crippen molar-refractivity contribution < 1.29 is 0 Å². The zero-order chi connectivity index (χ0) is 10.8. The summed E-state index contributed by atoms with van der Waals surface area (Å²) in [6.45, 7) is 12.3. The minimum absolute atomic E-state index is 1.12. The molecule has 0 aliphatic rings. The van der Waals surface area contributed by atoms with Crippen molar-refractivity contribution in [3.05, 3.63) is 23.8 Å². The van der Waals surface area contributed by atoms with E-state index in [1.54, 1.807) is 0 Å². The minimum atomic E-state index is 1.12. The SMILES string of the molecule is C/C=C\C=C(/C)CN(CCC)CCC. The van der Waals surface area contributed by atoms with Gasteiger partial charge in [0.25, 0.3) is 0 Å². The van der Waals surface area contributed by atoms with Gasteiger partial charge in [0.2, 0.25) is 0 Å². The summed E-state index contributed by atoms with van der Waals surface area (Å²) in [5.41, 5.74) is 1.45. The molecule has 0 saturated carbocycles. The summed E-state index contributed by atoms with van der Waals surface area (Å²) < 4.78 is 0. The van der Waals surface area contributed by atoms with Crippen molar-refractivity contribution in [3.8, 4) is 0 Å². The Morgan fingerprint density at radius 1 is 1.14 bits per heavy atom. The van der Waals surface area contributed by atoms with Crippen LogP contribution in [0, 0.1) is 0 Å². The van der Waals surface area contributed by atoms with Crippen LogP contribution in [0.2, 0.25) is 0 Å². The zero-order valence-electron chi connectivity index (χ0n) is 10.2. The van der Waals surface area contributed by atoms with Crippen molar-refractivity contribution in [1.82, 2.24) is 4.90 Å². The summed E-state index contributed by atoms with van der Waals surface area (Å²) in [5.74, 6) is 0. The van der Waals surface area contributed by atoms with Crippen molar-refractivity contribution in [2.45, 2.75) is 40.5 Å². The summed E-state index contributed by atoms with van der Waals surface area (Å²) in [4.78, 5) is 2.52. The molecule has 0 saturated heterocycles. The van der Waals surface area contributed by atoms with Gasteiger partial charge in [-0.05, 0) is 39.8 Å². The van der Waals surface area contributed by atoms with Crippen LogP contribution in [0.3, 0.4) is 0 Å². The van der Waals surface area contributed by atoms with Crippen LogP contribution in [0.15, 0.2) is 23.8 Å². The van der Waals surface area contributed by atoms with E-state index in [0.717, 1.165) is 6.54 Å². The zero-order valence-corrected chi connectivity index (χ0v) is 10.2. The van der Waals surface area contributed by atoms with Gasteiger partial charge in [0.05, 0.1) is 0 Å². The summed E-state index contributed by atoms with van der Waals surface area (Å²) in [6.07, 6.45) is 8.89. The molecule has 0 heterocycles. The molecule has 0 unspecified atom stereocenters. The predicted octanol–water partition coefficient (Wildman–Crippen LogP) is 3.63. The maximum Gasteiger partial charge on any atom is 0.0193 e. The smallest absolute Gasteiger partial charge is 0.0193 e.